The predicted molar refractivity (Wildman–Crippen MR) is 164 cm³/mol. The topological polar surface area (TPSA) is 130 Å². The number of carboxylic acids is 1. The SMILES string of the molecule is CCOC(=O)C1=C(C)N=c2sc(=Cc3ccc(-c4ccc(Cl)c(C(=O)O)c4)o3)c(=O)n2[C@@H]1c1cc(OC)c(OC)cc1Br. The Morgan fingerprint density at radius 1 is 1.16 bits per heavy atom. The first-order chi connectivity index (χ1) is 20.6. The van der Waals surface area contributed by atoms with Gasteiger partial charge in [-0.2, -0.15) is 0 Å². The van der Waals surface area contributed by atoms with Gasteiger partial charge in [0.25, 0.3) is 5.56 Å². The molecule has 3 heterocycles. The summed E-state index contributed by atoms with van der Waals surface area (Å²) in [4.78, 5) is 43.7. The summed E-state index contributed by atoms with van der Waals surface area (Å²) in [6.45, 7) is 3.54. The smallest absolute Gasteiger partial charge is 0.338 e. The van der Waals surface area contributed by atoms with E-state index < -0.39 is 23.5 Å². The van der Waals surface area contributed by atoms with Gasteiger partial charge in [0.1, 0.15) is 11.5 Å². The molecule has 0 spiro atoms. The first kappa shape index (κ1) is 30.3. The van der Waals surface area contributed by atoms with Crippen LogP contribution < -0.4 is 24.4 Å². The monoisotopic (exact) mass is 686 g/mol. The summed E-state index contributed by atoms with van der Waals surface area (Å²) in [7, 11) is 3.01. The Hall–Kier alpha value is -4.13. The predicted octanol–water partition coefficient (Wildman–Crippen LogP) is 5.19. The van der Waals surface area contributed by atoms with Gasteiger partial charge in [0.2, 0.25) is 0 Å². The van der Waals surface area contributed by atoms with Crippen LogP contribution in [0.25, 0.3) is 17.4 Å². The van der Waals surface area contributed by atoms with E-state index >= 15 is 0 Å². The van der Waals surface area contributed by atoms with E-state index in [9.17, 15) is 19.5 Å². The highest BCUT2D eigenvalue weighted by Gasteiger charge is 2.35. The van der Waals surface area contributed by atoms with Crippen LogP contribution in [0.15, 0.2) is 72.4 Å². The molecule has 0 saturated carbocycles. The molecule has 0 fully saturated rings. The maximum atomic E-state index is 14.0. The maximum absolute atomic E-state index is 14.0. The Bertz CT molecular complexity index is 1990. The van der Waals surface area contributed by atoms with E-state index in [-0.39, 0.29) is 22.8 Å². The molecule has 222 valence electrons. The molecule has 4 aromatic rings. The third-order valence-electron chi connectivity index (χ3n) is 6.70. The number of ether oxygens (including phenoxy) is 3. The molecule has 5 rings (SSSR count). The third-order valence-corrected chi connectivity index (χ3v) is 8.70. The molecule has 0 amide bonds. The zero-order valence-corrected chi connectivity index (χ0v) is 26.4. The maximum Gasteiger partial charge on any atom is 0.338 e. The second kappa shape index (κ2) is 12.2. The quantitative estimate of drug-likeness (QED) is 0.251. The average Bonchev–Trinajstić information content (AvgIpc) is 3.56. The molecule has 43 heavy (non-hydrogen) atoms. The van der Waals surface area contributed by atoms with E-state index in [1.165, 1.54) is 30.9 Å². The molecule has 10 nitrogen and oxygen atoms in total. The van der Waals surface area contributed by atoms with E-state index in [2.05, 4.69) is 20.9 Å². The minimum absolute atomic E-state index is 0.0560. The molecule has 0 bridgehead atoms. The highest BCUT2D eigenvalue weighted by Crippen LogP contribution is 2.40. The standard InChI is InChI=1S/C30H24BrClN2O8S/c1-5-41-29(38)25-14(2)33-30-34(26(25)17-12-22(39-3)23(40-4)13-19(17)31)27(35)24(43-30)11-16-7-9-21(42-16)15-6-8-20(32)18(10-15)28(36)37/h6-13,26H,5H2,1-4H3,(H,36,37)/t26-/m1/s1. The lowest BCUT2D eigenvalue weighted by Crippen LogP contribution is -2.40. The number of carboxylic acid groups (broad SMARTS) is 1. The lowest BCUT2D eigenvalue weighted by Gasteiger charge is -2.26. The zero-order valence-electron chi connectivity index (χ0n) is 23.3. The Morgan fingerprint density at radius 2 is 1.88 bits per heavy atom. The van der Waals surface area contributed by atoms with Gasteiger partial charge in [0.15, 0.2) is 16.3 Å². The van der Waals surface area contributed by atoms with Gasteiger partial charge in [-0.1, -0.05) is 38.9 Å². The number of rotatable bonds is 8. The van der Waals surface area contributed by atoms with Crippen molar-refractivity contribution in [3.63, 3.8) is 0 Å². The number of esters is 1. The fourth-order valence-corrected chi connectivity index (χ4v) is 6.49. The van der Waals surface area contributed by atoms with Crippen LogP contribution in [0.3, 0.4) is 0 Å². The van der Waals surface area contributed by atoms with Crippen molar-refractivity contribution in [2.24, 2.45) is 4.99 Å². The molecule has 1 aliphatic rings. The molecule has 2 aromatic heterocycles. The molecule has 13 heteroatoms. The highest BCUT2D eigenvalue weighted by atomic mass is 79.9. The van der Waals surface area contributed by atoms with Crippen molar-refractivity contribution in [1.82, 2.24) is 4.57 Å². The van der Waals surface area contributed by atoms with Gasteiger partial charge in [-0.3, -0.25) is 9.36 Å². The highest BCUT2D eigenvalue weighted by molar-refractivity contribution is 9.10. The van der Waals surface area contributed by atoms with E-state index in [4.69, 9.17) is 30.2 Å². The number of hydrogen-bond donors (Lipinski definition) is 1. The number of carbonyl (C=O) groups is 2. The number of furan rings is 1. The van der Waals surface area contributed by atoms with Crippen molar-refractivity contribution >= 4 is 56.9 Å². The fourth-order valence-electron chi connectivity index (χ4n) is 4.72. The summed E-state index contributed by atoms with van der Waals surface area (Å²) in [5, 5.41) is 9.52. The van der Waals surface area contributed by atoms with E-state index in [1.54, 1.807) is 50.3 Å². The lowest BCUT2D eigenvalue weighted by molar-refractivity contribution is -0.139. The van der Waals surface area contributed by atoms with Gasteiger partial charge >= 0.3 is 11.9 Å². The van der Waals surface area contributed by atoms with Gasteiger partial charge in [-0.15, -0.1) is 0 Å². The number of carbonyl (C=O) groups excluding carboxylic acids is 1. The molecule has 1 atom stereocenters. The largest absolute Gasteiger partial charge is 0.493 e. The Labute approximate surface area is 262 Å². The number of aromatic nitrogens is 1. The van der Waals surface area contributed by atoms with Crippen LogP contribution in [0.4, 0.5) is 0 Å². The number of nitrogens with zero attached hydrogens (tertiary/aromatic N) is 2. The van der Waals surface area contributed by atoms with Crippen LogP contribution in [-0.2, 0) is 9.53 Å². The summed E-state index contributed by atoms with van der Waals surface area (Å²) in [6, 6.07) is 10.4. The van der Waals surface area contributed by atoms with Gasteiger partial charge < -0.3 is 23.7 Å². The van der Waals surface area contributed by atoms with Gasteiger partial charge in [-0.25, -0.2) is 14.6 Å². The Balaban J connectivity index is 1.66. The molecular formula is C30H24BrClN2O8S. The van der Waals surface area contributed by atoms with Crippen molar-refractivity contribution < 1.29 is 33.3 Å². The Kier molecular flexibility index (Phi) is 8.63. The molecule has 0 aliphatic carbocycles. The molecule has 2 aromatic carbocycles. The number of fused-ring (bicyclic) bond motifs is 1. The van der Waals surface area contributed by atoms with Crippen molar-refractivity contribution in [3.8, 4) is 22.8 Å². The summed E-state index contributed by atoms with van der Waals surface area (Å²) in [5.41, 5.74) is 1.25. The van der Waals surface area contributed by atoms with Gasteiger partial charge in [0, 0.05) is 16.1 Å². The number of benzene rings is 2. The van der Waals surface area contributed by atoms with Gasteiger partial charge in [0.05, 0.1) is 53.3 Å². The molecule has 0 radical (unpaired) electrons. The summed E-state index contributed by atoms with van der Waals surface area (Å²) in [5.74, 6) is -0.120. The molecule has 0 saturated heterocycles. The van der Waals surface area contributed by atoms with E-state index in [0.717, 1.165) is 11.3 Å². The van der Waals surface area contributed by atoms with Crippen molar-refractivity contribution in [2.45, 2.75) is 19.9 Å². The van der Waals surface area contributed by atoms with Crippen molar-refractivity contribution in [1.29, 1.82) is 0 Å². The summed E-state index contributed by atoms with van der Waals surface area (Å²) >= 11 is 10.7. The first-order valence-corrected chi connectivity index (χ1v) is 14.8. The van der Waals surface area contributed by atoms with Crippen LogP contribution >= 0.6 is 38.9 Å². The van der Waals surface area contributed by atoms with Gasteiger partial charge in [-0.05, 0) is 61.9 Å². The number of aromatic carboxylic acids is 1. The number of methoxy groups -OCH3 is 2. The zero-order chi connectivity index (χ0) is 31.0. The number of allylic oxidation sites excluding steroid dienone is 1. The minimum atomic E-state index is -1.16. The number of thiazole rings is 1. The Morgan fingerprint density at radius 3 is 2.56 bits per heavy atom. The van der Waals surface area contributed by atoms with Crippen molar-refractivity contribution in [3.05, 3.63) is 99.8 Å². The van der Waals surface area contributed by atoms with Crippen LogP contribution in [0.1, 0.15) is 41.6 Å². The number of halogens is 2. The molecule has 0 unspecified atom stereocenters. The van der Waals surface area contributed by atoms with Crippen LogP contribution in [-0.4, -0.2) is 42.4 Å². The van der Waals surface area contributed by atoms with Crippen LogP contribution in [0.5, 0.6) is 11.5 Å². The average molecular weight is 688 g/mol. The van der Waals surface area contributed by atoms with E-state index in [0.29, 0.717) is 53.6 Å². The fraction of sp³-hybridized carbons (Fsp3) is 0.200. The third kappa shape index (κ3) is 5.65. The van der Waals surface area contributed by atoms with Crippen LogP contribution in [0, 0.1) is 0 Å². The second-order valence-corrected chi connectivity index (χ2v) is 11.5. The normalized spacial score (nSPS) is 14.7. The summed E-state index contributed by atoms with van der Waals surface area (Å²) < 4.78 is 24.6. The second-order valence-electron chi connectivity index (χ2n) is 9.23. The van der Waals surface area contributed by atoms with E-state index in [1.807, 2.05) is 0 Å². The lowest BCUT2D eigenvalue weighted by atomic mass is 9.95. The molecular weight excluding hydrogens is 664 g/mol. The molecule has 1 aliphatic heterocycles. The minimum Gasteiger partial charge on any atom is -0.493 e. The molecule has 1 N–H and O–H groups in total. The number of hydrogen-bond acceptors (Lipinski definition) is 9. The van der Waals surface area contributed by atoms with Crippen LogP contribution in [0.2, 0.25) is 5.02 Å². The van der Waals surface area contributed by atoms with Crippen molar-refractivity contribution in [2.75, 3.05) is 20.8 Å². The first-order valence-electron chi connectivity index (χ1n) is 12.8. The summed E-state index contributed by atoms with van der Waals surface area (Å²) in [6.07, 6.45) is 1.57.